The summed E-state index contributed by atoms with van der Waals surface area (Å²) in [6.45, 7) is 14.1. The normalized spacial score (nSPS) is 13.7. The Kier molecular flexibility index (Phi) is 16.8. The van der Waals surface area contributed by atoms with E-state index in [0.717, 1.165) is 127 Å². The van der Waals surface area contributed by atoms with Gasteiger partial charge in [0.2, 0.25) is 5.95 Å². The lowest BCUT2D eigenvalue weighted by Crippen LogP contribution is -2.16. The fraction of sp³-hybridized carbons (Fsp3) is 0.0703. The molecule has 0 atom stereocenters. The van der Waals surface area contributed by atoms with E-state index in [1.54, 1.807) is 0 Å². The number of rotatable bonds is 7. The van der Waals surface area contributed by atoms with Crippen molar-refractivity contribution in [2.24, 2.45) is 0 Å². The molecule has 0 saturated heterocycles. The number of fused-ring (bicyclic) bond motifs is 36. The van der Waals surface area contributed by atoms with Gasteiger partial charge in [-0.15, -0.1) is 0 Å². The highest BCUT2D eigenvalue weighted by atomic mass is 16.3. The minimum absolute atomic E-state index is 0.192. The summed E-state index contributed by atoms with van der Waals surface area (Å²) in [5.41, 5.74) is 37.4. The zero-order chi connectivity index (χ0) is 92.9. The van der Waals surface area contributed by atoms with Crippen molar-refractivity contribution in [2.75, 3.05) is 0 Å². The second-order valence-electron chi connectivity index (χ2n) is 39.1. The van der Waals surface area contributed by atoms with Gasteiger partial charge in [0.15, 0.2) is 17.5 Å². The van der Waals surface area contributed by atoms with Crippen LogP contribution in [0.3, 0.4) is 0 Å². The van der Waals surface area contributed by atoms with Crippen molar-refractivity contribution in [1.82, 2.24) is 38.6 Å². The topological polar surface area (TPSA) is 132 Å². The van der Waals surface area contributed by atoms with Crippen molar-refractivity contribution in [3.63, 3.8) is 0 Å². The predicted molar refractivity (Wildman–Crippen MR) is 572 cm³/mol. The molecular weight excluding hydrogens is 1710 g/mol. The summed E-state index contributed by atoms with van der Waals surface area (Å²) in [6.07, 6.45) is 0. The van der Waals surface area contributed by atoms with Crippen LogP contribution in [0, 0.1) is 0 Å². The van der Waals surface area contributed by atoms with Crippen LogP contribution in [0.4, 0.5) is 0 Å². The van der Waals surface area contributed by atoms with Crippen LogP contribution in [0.15, 0.2) is 418 Å². The molecule has 0 unspecified atom stereocenters. The largest absolute Gasteiger partial charge is 0.456 e. The number of nitrogens with zero attached hydrogens (tertiary/aromatic N) is 8. The van der Waals surface area contributed by atoms with E-state index in [9.17, 15) is 0 Å². The van der Waals surface area contributed by atoms with Gasteiger partial charge in [-0.25, -0.2) is 24.9 Å². The molecule has 0 amide bonds. The fourth-order valence-electron chi connectivity index (χ4n) is 24.1. The Hall–Kier alpha value is -17.9. The third-order valence-corrected chi connectivity index (χ3v) is 30.4. The van der Waals surface area contributed by atoms with Gasteiger partial charge >= 0.3 is 0 Å². The van der Waals surface area contributed by atoms with E-state index in [0.29, 0.717) is 23.4 Å². The summed E-state index contributed by atoms with van der Waals surface area (Å²) in [7, 11) is 0. The highest BCUT2D eigenvalue weighted by Gasteiger charge is 2.44. The fourth-order valence-corrected chi connectivity index (χ4v) is 24.1. The summed E-state index contributed by atoms with van der Waals surface area (Å²) in [5.74, 6) is 2.62. The molecule has 19 aromatic carbocycles. The van der Waals surface area contributed by atoms with E-state index in [-0.39, 0.29) is 16.2 Å². The Morgan fingerprint density at radius 1 is 0.221 bits per heavy atom. The number of benzene rings is 19. The van der Waals surface area contributed by atoms with Gasteiger partial charge in [-0.1, -0.05) is 315 Å². The van der Waals surface area contributed by atoms with Crippen LogP contribution < -0.4 is 0 Å². The van der Waals surface area contributed by atoms with Gasteiger partial charge in [0, 0.05) is 142 Å². The van der Waals surface area contributed by atoms with Crippen LogP contribution in [0.2, 0.25) is 0 Å². The van der Waals surface area contributed by atoms with Gasteiger partial charge in [-0.05, 0) is 183 Å². The van der Waals surface area contributed by atoms with Crippen LogP contribution in [-0.2, 0) is 16.2 Å². The summed E-state index contributed by atoms with van der Waals surface area (Å²) in [6, 6.07) is 141. The number of furan rings is 4. The van der Waals surface area contributed by atoms with E-state index in [4.69, 9.17) is 42.6 Å². The third-order valence-electron chi connectivity index (χ3n) is 30.4. The van der Waals surface area contributed by atoms with Crippen LogP contribution >= 0.6 is 0 Å². The van der Waals surface area contributed by atoms with Gasteiger partial charge in [-0.3, -0.25) is 4.57 Å². The van der Waals surface area contributed by atoms with Crippen molar-refractivity contribution in [3.05, 3.63) is 434 Å². The first-order chi connectivity index (χ1) is 68.7. The highest BCUT2D eigenvalue weighted by Crippen LogP contribution is 2.61. The average Bonchev–Trinajstić information content (AvgIpc) is 1.53. The van der Waals surface area contributed by atoms with Gasteiger partial charge < -0.3 is 26.8 Å². The maximum Gasteiger partial charge on any atom is 0.235 e. The predicted octanol–water partition coefficient (Wildman–Crippen LogP) is 33.7. The van der Waals surface area contributed by atoms with Crippen LogP contribution in [0.1, 0.15) is 74.9 Å². The molecule has 9 aromatic heterocycles. The van der Waals surface area contributed by atoms with Crippen molar-refractivity contribution in [2.45, 2.75) is 57.8 Å². The van der Waals surface area contributed by atoms with Gasteiger partial charge in [0.1, 0.15) is 44.7 Å². The number of hydrogen-bond donors (Lipinski definition) is 0. The quantitative estimate of drug-likeness (QED) is 0.153. The van der Waals surface area contributed by atoms with Crippen LogP contribution in [-0.4, -0.2) is 38.6 Å². The maximum absolute atomic E-state index is 6.61. The van der Waals surface area contributed by atoms with Crippen molar-refractivity contribution >= 4 is 164 Å². The minimum atomic E-state index is -0.300. The molecule has 0 N–H and O–H groups in total. The standard InChI is InChI=1S/C48H32N4O.C41H27N3O.C39H25NO2/c1-48(2)37-25-26-42-44(34-18-10-12-20-41(34)53-42)43(37)36-27-35-33-17-9-11-19-39(33)52(40(35)28-38(36)48)32-23-21-31(22-24-32)47-50-45(29-13-5-3-6-14-29)49-46(51-47)30-15-7-4-8-16-30;1-41(2)36-26(27-20-21-28-25-14-8-11-19-34(25)45-39(28)37(27)41)22-23-33-35(36)30-16-7-10-18-32(30)44(33)40-42-31-17-9-6-15-29(31)38(43-40)24-12-4-3-5-13-24;1-39(2)29-18-16-25-23-9-3-6-12-30(23)40(22-15-19-33-28(21-22)24-10-4-7-13-31(24)41-33)38(25)35(29)27-17-20-34-36(37(27)39)26-11-5-8-14-32(26)42-34/h3-28H,1-2H3;3-23H,1-2H3;3-21H,1-2H3. The Labute approximate surface area is 802 Å². The molecule has 660 valence electrons. The van der Waals surface area contributed by atoms with Crippen LogP contribution in [0.5, 0.6) is 0 Å². The molecule has 9 heterocycles. The third kappa shape index (κ3) is 11.4. The summed E-state index contributed by atoms with van der Waals surface area (Å²) in [5, 5.41) is 17.8. The second-order valence-corrected chi connectivity index (χ2v) is 39.1. The first kappa shape index (κ1) is 79.5. The van der Waals surface area contributed by atoms with E-state index in [1.807, 2.05) is 103 Å². The lowest BCUT2D eigenvalue weighted by molar-refractivity contribution is 0.622. The van der Waals surface area contributed by atoms with E-state index < -0.39 is 0 Å². The van der Waals surface area contributed by atoms with E-state index in [2.05, 4.69) is 352 Å². The molecule has 0 bridgehead atoms. The SMILES string of the molecule is CC1(C)c2c(ccc3c2oc2ccccc23)-c2ccc3c(c21)c1ccccc1n3-c1nc(-c2ccccc2)c2ccccc2n1.CC1(C)c2cc3c(cc2-c2c1ccc1oc4ccccc4c21)c1ccccc1n3-c1ccc(-c2nc(-c3ccccc3)nc(-c3ccccc3)n2)cc1.CC1(C)c2ccc3c4ccccc4n(-c4ccc5oc6ccccc6c5c4)c3c2-c2ccc3oc4ccccc4c3c21. The Bertz CT molecular complexity index is 10100. The average molecular weight is 1800 g/mol. The monoisotopic (exact) mass is 1800 g/mol. The molecule has 0 saturated carbocycles. The molecule has 0 spiro atoms. The Morgan fingerprint density at radius 2 is 0.679 bits per heavy atom. The molecule has 28 aromatic rings. The van der Waals surface area contributed by atoms with Gasteiger partial charge in [-0.2, -0.15) is 0 Å². The highest BCUT2D eigenvalue weighted by molar-refractivity contribution is 6.23. The Morgan fingerprint density at radius 3 is 1.35 bits per heavy atom. The van der Waals surface area contributed by atoms with Crippen molar-refractivity contribution in [1.29, 1.82) is 0 Å². The van der Waals surface area contributed by atoms with Crippen molar-refractivity contribution < 1.29 is 17.7 Å². The number of hydrogen-bond acceptors (Lipinski definition) is 9. The lowest BCUT2D eigenvalue weighted by atomic mass is 9.80. The molecule has 0 fully saturated rings. The molecule has 31 rings (SSSR count). The smallest absolute Gasteiger partial charge is 0.235 e. The zero-order valence-electron chi connectivity index (χ0n) is 77.3. The lowest BCUT2D eigenvalue weighted by Gasteiger charge is -2.22. The zero-order valence-corrected chi connectivity index (χ0v) is 77.3. The van der Waals surface area contributed by atoms with Gasteiger partial charge in [0.25, 0.3) is 0 Å². The minimum Gasteiger partial charge on any atom is -0.456 e. The molecule has 140 heavy (non-hydrogen) atoms. The first-order valence-electron chi connectivity index (χ1n) is 48.0. The number of aromatic nitrogens is 8. The second kappa shape index (κ2) is 29.6. The molecule has 0 radical (unpaired) electrons. The molecule has 0 aliphatic heterocycles. The van der Waals surface area contributed by atoms with Crippen molar-refractivity contribution in [3.8, 4) is 96.1 Å². The first-order valence-corrected chi connectivity index (χ1v) is 48.0. The van der Waals surface area contributed by atoms with E-state index in [1.165, 1.54) is 143 Å². The van der Waals surface area contributed by atoms with E-state index >= 15 is 0 Å². The molecule has 3 aliphatic carbocycles. The molecular formula is C128H84N8O4. The maximum atomic E-state index is 6.61. The van der Waals surface area contributed by atoms with Gasteiger partial charge in [0.05, 0.1) is 44.3 Å². The summed E-state index contributed by atoms with van der Waals surface area (Å²) >= 11 is 0. The summed E-state index contributed by atoms with van der Waals surface area (Å²) in [4.78, 5) is 25.3. The number of para-hydroxylation sites is 8. The van der Waals surface area contributed by atoms with Crippen LogP contribution in [0.25, 0.3) is 260 Å². The molecule has 3 aliphatic rings. The molecule has 12 nitrogen and oxygen atoms in total. The summed E-state index contributed by atoms with van der Waals surface area (Å²) < 4.78 is 32.6. The Balaban J connectivity index is 0.000000102. The molecule has 12 heteroatoms.